The van der Waals surface area contributed by atoms with Crippen LogP contribution in [0.1, 0.15) is 0 Å². The van der Waals surface area contributed by atoms with Gasteiger partial charge in [-0.3, -0.25) is 4.98 Å². The SMILES string of the molecule is Nc1cc2oc(=O)[nH]c2cc1Nc1ccc(Cl)cc1Br. The van der Waals surface area contributed by atoms with E-state index in [2.05, 4.69) is 26.2 Å². The highest BCUT2D eigenvalue weighted by Gasteiger charge is 2.08. The van der Waals surface area contributed by atoms with Crippen LogP contribution in [0.3, 0.4) is 0 Å². The van der Waals surface area contributed by atoms with Crippen LogP contribution < -0.4 is 16.8 Å². The van der Waals surface area contributed by atoms with Crippen molar-refractivity contribution >= 4 is 55.7 Å². The maximum absolute atomic E-state index is 11.2. The van der Waals surface area contributed by atoms with Crippen LogP contribution in [-0.4, -0.2) is 4.98 Å². The number of halogens is 2. The first kappa shape index (κ1) is 13.1. The average molecular weight is 355 g/mol. The Morgan fingerprint density at radius 2 is 2.05 bits per heavy atom. The fraction of sp³-hybridized carbons (Fsp3) is 0. The molecule has 0 spiro atoms. The minimum absolute atomic E-state index is 0.424. The lowest BCUT2D eigenvalue weighted by Crippen LogP contribution is -1.97. The zero-order valence-electron chi connectivity index (χ0n) is 10.0. The molecule has 3 rings (SSSR count). The van der Waals surface area contributed by atoms with E-state index < -0.39 is 5.76 Å². The Labute approximate surface area is 126 Å². The molecule has 0 saturated heterocycles. The predicted molar refractivity (Wildman–Crippen MR) is 83.7 cm³/mol. The molecule has 102 valence electrons. The van der Waals surface area contributed by atoms with Gasteiger partial charge in [-0.15, -0.1) is 0 Å². The maximum atomic E-state index is 11.2. The maximum Gasteiger partial charge on any atom is 0.417 e. The smallest absolute Gasteiger partial charge is 0.408 e. The van der Waals surface area contributed by atoms with Gasteiger partial charge in [0.25, 0.3) is 0 Å². The highest BCUT2D eigenvalue weighted by Crippen LogP contribution is 2.32. The minimum atomic E-state index is -0.510. The predicted octanol–water partition coefficient (Wildman–Crippen LogP) is 3.86. The highest BCUT2D eigenvalue weighted by molar-refractivity contribution is 9.10. The number of hydrogen-bond donors (Lipinski definition) is 3. The van der Waals surface area contributed by atoms with Crippen LogP contribution in [0.25, 0.3) is 11.1 Å². The Balaban J connectivity index is 2.05. The van der Waals surface area contributed by atoms with Crippen LogP contribution in [0.2, 0.25) is 5.02 Å². The summed E-state index contributed by atoms with van der Waals surface area (Å²) in [6, 6.07) is 8.69. The lowest BCUT2D eigenvalue weighted by molar-refractivity contribution is 0.555. The molecule has 2 aromatic carbocycles. The first-order valence-corrected chi connectivity index (χ1v) is 6.84. The molecule has 20 heavy (non-hydrogen) atoms. The summed E-state index contributed by atoms with van der Waals surface area (Å²) in [4.78, 5) is 13.7. The first-order chi connectivity index (χ1) is 9.52. The third kappa shape index (κ3) is 2.39. The minimum Gasteiger partial charge on any atom is -0.408 e. The standard InChI is InChI=1S/C13H9BrClN3O2/c14-7-3-6(15)1-2-9(7)17-10-5-11-12(4-8(10)16)20-13(19)18-11/h1-5,17H,16H2,(H,18,19). The summed E-state index contributed by atoms with van der Waals surface area (Å²) in [6.07, 6.45) is 0. The molecule has 0 bridgehead atoms. The van der Waals surface area contributed by atoms with Crippen molar-refractivity contribution in [3.8, 4) is 0 Å². The molecular weight excluding hydrogens is 346 g/mol. The van der Waals surface area contributed by atoms with E-state index in [1.54, 1.807) is 24.3 Å². The number of H-pyrrole nitrogens is 1. The van der Waals surface area contributed by atoms with E-state index in [4.69, 9.17) is 21.8 Å². The monoisotopic (exact) mass is 353 g/mol. The van der Waals surface area contributed by atoms with Gasteiger partial charge in [-0.25, -0.2) is 4.79 Å². The van der Waals surface area contributed by atoms with E-state index in [0.29, 0.717) is 27.5 Å². The molecule has 4 N–H and O–H groups in total. The molecule has 3 aromatic rings. The fourth-order valence-electron chi connectivity index (χ4n) is 1.86. The number of oxazole rings is 1. The van der Waals surface area contributed by atoms with Crippen LogP contribution in [-0.2, 0) is 0 Å². The number of rotatable bonds is 2. The molecule has 0 aliphatic rings. The zero-order chi connectivity index (χ0) is 14.3. The number of anilines is 3. The second-order valence-corrected chi connectivity index (χ2v) is 5.49. The molecule has 0 amide bonds. The lowest BCUT2D eigenvalue weighted by Gasteiger charge is -2.11. The number of aromatic nitrogens is 1. The Kier molecular flexibility index (Phi) is 3.19. The number of benzene rings is 2. The van der Waals surface area contributed by atoms with Gasteiger partial charge in [-0.1, -0.05) is 11.6 Å². The second kappa shape index (κ2) is 4.88. The Morgan fingerprint density at radius 1 is 1.25 bits per heavy atom. The second-order valence-electron chi connectivity index (χ2n) is 4.20. The number of nitrogen functional groups attached to an aromatic ring is 1. The van der Waals surface area contributed by atoms with Gasteiger partial charge in [0.1, 0.15) is 0 Å². The van der Waals surface area contributed by atoms with Gasteiger partial charge in [0.05, 0.1) is 22.6 Å². The van der Waals surface area contributed by atoms with Crippen molar-refractivity contribution in [3.63, 3.8) is 0 Å². The summed E-state index contributed by atoms with van der Waals surface area (Å²) in [5, 5.41) is 3.80. The molecule has 0 radical (unpaired) electrons. The average Bonchev–Trinajstić information content (AvgIpc) is 2.72. The van der Waals surface area contributed by atoms with Crippen LogP contribution in [0.4, 0.5) is 17.1 Å². The fourth-order valence-corrected chi connectivity index (χ4v) is 2.64. The summed E-state index contributed by atoms with van der Waals surface area (Å²) >= 11 is 9.32. The summed E-state index contributed by atoms with van der Waals surface area (Å²) in [7, 11) is 0. The van der Waals surface area contributed by atoms with E-state index in [0.717, 1.165) is 10.2 Å². The molecule has 0 atom stereocenters. The van der Waals surface area contributed by atoms with E-state index in [-0.39, 0.29) is 0 Å². The molecule has 0 saturated carbocycles. The normalized spacial score (nSPS) is 10.9. The van der Waals surface area contributed by atoms with E-state index in [1.165, 1.54) is 0 Å². The summed E-state index contributed by atoms with van der Waals surface area (Å²) in [5.41, 5.74) is 8.90. The third-order valence-electron chi connectivity index (χ3n) is 2.79. The van der Waals surface area contributed by atoms with Gasteiger partial charge in [0.15, 0.2) is 5.58 Å². The zero-order valence-corrected chi connectivity index (χ0v) is 12.4. The number of nitrogens with two attached hydrogens (primary N) is 1. The molecule has 0 aliphatic carbocycles. The number of hydrogen-bond acceptors (Lipinski definition) is 4. The van der Waals surface area contributed by atoms with Crippen molar-refractivity contribution in [2.45, 2.75) is 0 Å². The molecule has 0 fully saturated rings. The van der Waals surface area contributed by atoms with E-state index >= 15 is 0 Å². The van der Waals surface area contributed by atoms with Gasteiger partial charge in [-0.2, -0.15) is 0 Å². The molecule has 1 aromatic heterocycles. The molecule has 5 nitrogen and oxygen atoms in total. The molecule has 0 unspecified atom stereocenters. The lowest BCUT2D eigenvalue weighted by atomic mass is 10.2. The Bertz CT molecular complexity index is 856. The first-order valence-electron chi connectivity index (χ1n) is 5.67. The topological polar surface area (TPSA) is 84.0 Å². The van der Waals surface area contributed by atoms with Crippen molar-refractivity contribution in [2.24, 2.45) is 0 Å². The van der Waals surface area contributed by atoms with Gasteiger partial charge < -0.3 is 15.5 Å². The molecular formula is C13H9BrClN3O2. The number of nitrogens with one attached hydrogen (secondary N) is 2. The van der Waals surface area contributed by atoms with Crippen molar-refractivity contribution in [1.29, 1.82) is 0 Å². The van der Waals surface area contributed by atoms with Crippen LogP contribution in [0.5, 0.6) is 0 Å². The van der Waals surface area contributed by atoms with Gasteiger partial charge >= 0.3 is 5.76 Å². The third-order valence-corrected chi connectivity index (χ3v) is 3.68. The van der Waals surface area contributed by atoms with Crippen LogP contribution >= 0.6 is 27.5 Å². The van der Waals surface area contributed by atoms with Crippen molar-refractivity contribution in [3.05, 3.63) is 50.4 Å². The van der Waals surface area contributed by atoms with Gasteiger partial charge in [0, 0.05) is 15.6 Å². The quantitative estimate of drug-likeness (QED) is 0.610. The number of fused-ring (bicyclic) bond motifs is 1. The van der Waals surface area contributed by atoms with Crippen molar-refractivity contribution < 1.29 is 4.42 Å². The number of aromatic amines is 1. The summed E-state index contributed by atoms with van der Waals surface area (Å²) in [5.74, 6) is -0.510. The van der Waals surface area contributed by atoms with Crippen molar-refractivity contribution in [2.75, 3.05) is 11.1 Å². The van der Waals surface area contributed by atoms with Gasteiger partial charge in [0.2, 0.25) is 0 Å². The summed E-state index contributed by atoms with van der Waals surface area (Å²) < 4.78 is 5.76. The molecule has 0 aliphatic heterocycles. The van der Waals surface area contributed by atoms with Crippen molar-refractivity contribution in [1.82, 2.24) is 4.98 Å². The largest absolute Gasteiger partial charge is 0.417 e. The van der Waals surface area contributed by atoms with Gasteiger partial charge in [-0.05, 0) is 40.2 Å². The van der Waals surface area contributed by atoms with E-state index in [9.17, 15) is 4.79 Å². The summed E-state index contributed by atoms with van der Waals surface area (Å²) in [6.45, 7) is 0. The Morgan fingerprint density at radius 3 is 2.80 bits per heavy atom. The van der Waals surface area contributed by atoms with Crippen LogP contribution in [0, 0.1) is 0 Å². The molecule has 1 heterocycles. The highest BCUT2D eigenvalue weighted by atomic mass is 79.9. The Hall–Kier alpha value is -1.92. The molecule has 7 heteroatoms. The van der Waals surface area contributed by atoms with Crippen LogP contribution in [0.15, 0.2) is 44.0 Å². The van der Waals surface area contributed by atoms with E-state index in [1.807, 2.05) is 6.07 Å².